The summed E-state index contributed by atoms with van der Waals surface area (Å²) in [6, 6.07) is 10.4. The van der Waals surface area contributed by atoms with E-state index in [1.54, 1.807) is 0 Å². The van der Waals surface area contributed by atoms with Crippen LogP contribution in [0, 0.1) is 30.6 Å². The van der Waals surface area contributed by atoms with Crippen LogP contribution in [0.1, 0.15) is 145 Å². The molecule has 2 unspecified atom stereocenters. The molecule has 1 heterocycles. The Morgan fingerprint density at radius 3 is 2.14 bits per heavy atom. The van der Waals surface area contributed by atoms with Crippen LogP contribution in [-0.4, -0.2) is 34.5 Å². The first kappa shape index (κ1) is 31.6. The number of Topliss-reactive ketones (excluding diaryl/α,β-unsaturated/α-hetero) is 1. The minimum Gasteiger partial charge on any atom is -0.487 e. The maximum absolute atomic E-state index is 14.7. The maximum Gasteiger partial charge on any atom is 0.167 e. The van der Waals surface area contributed by atoms with E-state index in [0.717, 1.165) is 17.7 Å². The molecular weight excluding hydrogens is 542 g/mol. The van der Waals surface area contributed by atoms with E-state index < -0.39 is 39.7 Å². The molecule has 2 aliphatic rings. The van der Waals surface area contributed by atoms with E-state index in [1.807, 2.05) is 61.5 Å². The molecule has 1 fully saturated rings. The van der Waals surface area contributed by atoms with Gasteiger partial charge < -0.3 is 9.47 Å². The van der Waals surface area contributed by atoms with Crippen molar-refractivity contribution in [2.45, 2.75) is 152 Å². The number of rotatable bonds is 7. The van der Waals surface area contributed by atoms with Crippen molar-refractivity contribution < 1.29 is 17.0 Å². The number of likely N-dealkylation sites (tertiary alicyclic amines) is 1. The topological polar surface area (TPSA) is 38.8 Å². The number of benzene rings is 2. The lowest BCUT2D eigenvalue weighted by Crippen LogP contribution is -2.69. The molecule has 0 saturated carbocycles. The second-order valence-corrected chi connectivity index (χ2v) is 17.1. The molecule has 0 N–H and O–H groups in total. The third kappa shape index (κ3) is 5.41. The molecular formula is C40H61NO3. The summed E-state index contributed by atoms with van der Waals surface area (Å²) in [4.78, 5) is 17.3. The van der Waals surface area contributed by atoms with Gasteiger partial charge in [-0.05, 0) is 128 Å². The molecule has 244 valence electrons. The SMILES string of the molecule is [2H]C([2H])(C1C(=O)c2cc(OC(C)C)c(OC(C)(C)C)c(C)c2C1(C)C)C1(C)CCN(C(C)(C)c2ccccc2C)C(C)(C)C1(C)C. The third-order valence-corrected chi connectivity index (χ3v) is 11.5. The Kier molecular flexibility index (Phi) is 7.83. The molecule has 4 nitrogen and oxygen atoms in total. The zero-order chi connectivity index (χ0) is 35.2. The van der Waals surface area contributed by atoms with Crippen LogP contribution in [0.2, 0.25) is 0 Å². The molecule has 1 aliphatic heterocycles. The molecule has 2 aromatic rings. The molecule has 1 saturated heterocycles. The van der Waals surface area contributed by atoms with Crippen molar-refractivity contribution in [3.8, 4) is 11.5 Å². The van der Waals surface area contributed by atoms with Crippen molar-refractivity contribution in [3.05, 3.63) is 58.1 Å². The number of ether oxygens (including phenoxy) is 2. The summed E-state index contributed by atoms with van der Waals surface area (Å²) in [6.07, 6.45) is -1.31. The van der Waals surface area contributed by atoms with Gasteiger partial charge in [0, 0.05) is 37.3 Å². The van der Waals surface area contributed by atoms with Gasteiger partial charge in [-0.25, -0.2) is 0 Å². The number of fused-ring (bicyclic) bond motifs is 1. The van der Waals surface area contributed by atoms with Crippen LogP contribution < -0.4 is 9.47 Å². The van der Waals surface area contributed by atoms with Crippen LogP contribution in [-0.2, 0) is 11.0 Å². The minimum atomic E-state index is -1.83. The summed E-state index contributed by atoms with van der Waals surface area (Å²) in [5, 5.41) is 0. The van der Waals surface area contributed by atoms with Crippen molar-refractivity contribution in [3.63, 3.8) is 0 Å². The number of carbonyl (C=O) groups is 1. The quantitative estimate of drug-likeness (QED) is 0.315. The molecule has 0 aromatic heterocycles. The molecule has 1 aliphatic carbocycles. The number of piperidine rings is 1. The highest BCUT2D eigenvalue weighted by atomic mass is 16.5. The molecule has 0 radical (unpaired) electrons. The van der Waals surface area contributed by atoms with Crippen LogP contribution in [0.25, 0.3) is 0 Å². The Morgan fingerprint density at radius 2 is 1.59 bits per heavy atom. The highest BCUT2D eigenvalue weighted by Gasteiger charge is 2.61. The monoisotopic (exact) mass is 605 g/mol. The Balaban J connectivity index is 1.85. The van der Waals surface area contributed by atoms with Gasteiger partial charge in [0.05, 0.1) is 6.10 Å². The smallest absolute Gasteiger partial charge is 0.167 e. The van der Waals surface area contributed by atoms with Crippen LogP contribution in [0.3, 0.4) is 0 Å². The summed E-state index contributed by atoms with van der Waals surface area (Å²) in [6.45, 7) is 34.6. The maximum atomic E-state index is 14.7. The Bertz CT molecular complexity index is 1510. The molecule has 0 spiro atoms. The fourth-order valence-electron chi connectivity index (χ4n) is 8.34. The first-order valence-electron chi connectivity index (χ1n) is 17.6. The van der Waals surface area contributed by atoms with Crippen molar-refractivity contribution >= 4 is 5.78 Å². The first-order chi connectivity index (χ1) is 20.7. The third-order valence-electron chi connectivity index (χ3n) is 11.5. The normalized spacial score (nSPS) is 25.8. The minimum absolute atomic E-state index is 0.109. The number of hydrogen-bond acceptors (Lipinski definition) is 4. The first-order valence-corrected chi connectivity index (χ1v) is 16.6. The van der Waals surface area contributed by atoms with Crippen LogP contribution >= 0.6 is 0 Å². The Morgan fingerprint density at radius 1 is 1.00 bits per heavy atom. The fraction of sp³-hybridized carbons (Fsp3) is 0.675. The number of aryl methyl sites for hydroxylation is 1. The fourth-order valence-corrected chi connectivity index (χ4v) is 8.34. The number of carbonyl (C=O) groups excluding carboxylic acids is 1. The highest BCUT2D eigenvalue weighted by Crippen LogP contribution is 2.62. The van der Waals surface area contributed by atoms with Gasteiger partial charge in [-0.3, -0.25) is 9.69 Å². The van der Waals surface area contributed by atoms with Crippen molar-refractivity contribution in [1.29, 1.82) is 0 Å². The van der Waals surface area contributed by atoms with Gasteiger partial charge in [0.2, 0.25) is 0 Å². The molecule has 4 heteroatoms. The molecule has 0 amide bonds. The van der Waals surface area contributed by atoms with Gasteiger partial charge in [0.25, 0.3) is 0 Å². The average Bonchev–Trinajstić information content (AvgIpc) is 3.08. The molecule has 2 atom stereocenters. The molecule has 0 bridgehead atoms. The zero-order valence-electron chi connectivity index (χ0n) is 32.6. The summed E-state index contributed by atoms with van der Waals surface area (Å²) < 4.78 is 33.0. The van der Waals surface area contributed by atoms with Gasteiger partial charge in [-0.1, -0.05) is 58.9 Å². The summed E-state index contributed by atoms with van der Waals surface area (Å²) in [5.41, 5.74) is 1.58. The van der Waals surface area contributed by atoms with Crippen molar-refractivity contribution in [2.24, 2.45) is 16.7 Å². The van der Waals surface area contributed by atoms with Gasteiger partial charge in [-0.2, -0.15) is 0 Å². The number of hydrogen-bond donors (Lipinski definition) is 0. The molecule has 2 aromatic carbocycles. The highest BCUT2D eigenvalue weighted by molar-refractivity contribution is 6.05. The predicted octanol–water partition coefficient (Wildman–Crippen LogP) is 10.2. The second-order valence-electron chi connectivity index (χ2n) is 17.1. The van der Waals surface area contributed by atoms with E-state index >= 15 is 0 Å². The van der Waals surface area contributed by atoms with Gasteiger partial charge in [-0.15, -0.1) is 0 Å². The average molecular weight is 606 g/mol. The lowest BCUT2D eigenvalue weighted by atomic mass is 9.49. The van der Waals surface area contributed by atoms with Gasteiger partial charge >= 0.3 is 0 Å². The van der Waals surface area contributed by atoms with Crippen LogP contribution in [0.4, 0.5) is 0 Å². The molecule has 4 rings (SSSR count). The number of ketones is 1. The predicted molar refractivity (Wildman–Crippen MR) is 184 cm³/mol. The van der Waals surface area contributed by atoms with E-state index in [4.69, 9.17) is 9.47 Å². The van der Waals surface area contributed by atoms with Gasteiger partial charge in [0.1, 0.15) is 5.60 Å². The van der Waals surface area contributed by atoms with Crippen LogP contribution in [0.5, 0.6) is 11.5 Å². The van der Waals surface area contributed by atoms with E-state index in [0.29, 0.717) is 23.5 Å². The Hall–Kier alpha value is -2.33. The standard InChI is InChI=1S/C40H61NO3/c1-25(2)43-31-23-28-32(27(4)34(31)44-35(5,6)7)36(8,9)30(33(28)42)24-40(16)21-22-41(39(14,15)38(40,12)13)37(10,11)29-20-18-17-19-26(29)3/h17-20,23,25,30H,21-22,24H2,1-16H3/i24D2. The lowest BCUT2D eigenvalue weighted by molar-refractivity contribution is -0.164. The van der Waals surface area contributed by atoms with Gasteiger partial charge in [0.15, 0.2) is 17.3 Å². The van der Waals surface area contributed by atoms with E-state index in [-0.39, 0.29) is 17.4 Å². The second kappa shape index (κ2) is 10.9. The largest absolute Gasteiger partial charge is 0.487 e. The molecule has 44 heavy (non-hydrogen) atoms. The lowest BCUT2D eigenvalue weighted by Gasteiger charge is -2.66. The summed E-state index contributed by atoms with van der Waals surface area (Å²) >= 11 is 0. The van der Waals surface area contributed by atoms with E-state index in [9.17, 15) is 7.54 Å². The summed E-state index contributed by atoms with van der Waals surface area (Å²) in [7, 11) is 0. The zero-order valence-corrected chi connectivity index (χ0v) is 30.6. The number of nitrogens with zero attached hydrogens (tertiary/aromatic N) is 1. The summed E-state index contributed by atoms with van der Waals surface area (Å²) in [5.74, 6) is 0.176. The van der Waals surface area contributed by atoms with Crippen molar-refractivity contribution in [1.82, 2.24) is 4.90 Å². The van der Waals surface area contributed by atoms with E-state index in [1.165, 1.54) is 11.1 Å². The van der Waals surface area contributed by atoms with Crippen LogP contribution in [0.15, 0.2) is 30.3 Å². The van der Waals surface area contributed by atoms with Crippen molar-refractivity contribution in [2.75, 3.05) is 6.54 Å². The Labute approximate surface area is 272 Å². The van der Waals surface area contributed by atoms with E-state index in [2.05, 4.69) is 84.6 Å².